The van der Waals surface area contributed by atoms with Crippen LogP contribution < -0.4 is 15.4 Å². The number of carbonyl (C=O) groups is 2. The van der Waals surface area contributed by atoms with E-state index in [0.717, 1.165) is 5.56 Å². The first-order valence-electron chi connectivity index (χ1n) is 7.56. The predicted molar refractivity (Wildman–Crippen MR) is 94.8 cm³/mol. The van der Waals surface area contributed by atoms with E-state index >= 15 is 0 Å². The van der Waals surface area contributed by atoms with Gasteiger partial charge in [-0.25, -0.2) is 0 Å². The summed E-state index contributed by atoms with van der Waals surface area (Å²) < 4.78 is 5.49. The van der Waals surface area contributed by atoms with Gasteiger partial charge in [-0.1, -0.05) is 17.7 Å². The summed E-state index contributed by atoms with van der Waals surface area (Å²) in [6.07, 6.45) is 0. The number of aryl methyl sites for hydroxylation is 1. The number of amides is 2. The van der Waals surface area contributed by atoms with Crippen molar-refractivity contribution in [3.63, 3.8) is 0 Å². The van der Waals surface area contributed by atoms with Crippen molar-refractivity contribution in [1.29, 1.82) is 0 Å². The van der Waals surface area contributed by atoms with Gasteiger partial charge in [0.2, 0.25) is 0 Å². The van der Waals surface area contributed by atoms with Gasteiger partial charge in [0.25, 0.3) is 11.8 Å². The number of carbonyl (C=O) groups excluding carboxylic acids is 2. The summed E-state index contributed by atoms with van der Waals surface area (Å²) in [6, 6.07) is 11.9. The molecule has 0 radical (unpaired) electrons. The molecule has 0 aliphatic heterocycles. The van der Waals surface area contributed by atoms with Gasteiger partial charge in [0.1, 0.15) is 5.75 Å². The molecular formula is C18H19ClN2O3. The van der Waals surface area contributed by atoms with Crippen LogP contribution in [0.15, 0.2) is 42.5 Å². The van der Waals surface area contributed by atoms with Gasteiger partial charge < -0.3 is 15.4 Å². The fourth-order valence-corrected chi connectivity index (χ4v) is 2.34. The SMILES string of the molecule is CCNC(=O)c1cccc(NC(=O)COc2ccc(Cl)cc2C)c1. The van der Waals surface area contributed by atoms with Crippen molar-refractivity contribution >= 4 is 29.1 Å². The lowest BCUT2D eigenvalue weighted by Gasteiger charge is -2.10. The zero-order chi connectivity index (χ0) is 17.5. The Morgan fingerprint density at radius 3 is 2.67 bits per heavy atom. The third kappa shape index (κ3) is 4.99. The van der Waals surface area contributed by atoms with E-state index in [2.05, 4.69) is 10.6 Å². The van der Waals surface area contributed by atoms with E-state index in [1.54, 1.807) is 42.5 Å². The molecule has 6 heteroatoms. The lowest BCUT2D eigenvalue weighted by Crippen LogP contribution is -2.23. The number of anilines is 1. The number of halogens is 1. The van der Waals surface area contributed by atoms with Crippen molar-refractivity contribution in [2.24, 2.45) is 0 Å². The molecule has 2 N–H and O–H groups in total. The van der Waals surface area contributed by atoms with Crippen LogP contribution in [0.3, 0.4) is 0 Å². The number of hydrogen-bond acceptors (Lipinski definition) is 3. The second-order valence-electron chi connectivity index (χ2n) is 5.19. The Balaban J connectivity index is 1.95. The first-order chi connectivity index (χ1) is 11.5. The van der Waals surface area contributed by atoms with Gasteiger partial charge in [0, 0.05) is 22.8 Å². The smallest absolute Gasteiger partial charge is 0.262 e. The van der Waals surface area contributed by atoms with Crippen LogP contribution in [-0.2, 0) is 4.79 Å². The molecule has 0 spiro atoms. The van der Waals surface area contributed by atoms with Crippen molar-refractivity contribution in [2.45, 2.75) is 13.8 Å². The molecule has 0 saturated carbocycles. The van der Waals surface area contributed by atoms with Crippen LogP contribution in [0.2, 0.25) is 5.02 Å². The van der Waals surface area contributed by atoms with Gasteiger partial charge >= 0.3 is 0 Å². The summed E-state index contributed by atoms with van der Waals surface area (Å²) in [5, 5.41) is 6.04. The van der Waals surface area contributed by atoms with Crippen LogP contribution in [0.1, 0.15) is 22.8 Å². The molecule has 5 nitrogen and oxygen atoms in total. The van der Waals surface area contributed by atoms with E-state index in [-0.39, 0.29) is 18.4 Å². The minimum Gasteiger partial charge on any atom is -0.483 e. The Morgan fingerprint density at radius 1 is 1.17 bits per heavy atom. The molecule has 0 bridgehead atoms. The van der Waals surface area contributed by atoms with Crippen LogP contribution in [0, 0.1) is 6.92 Å². The maximum absolute atomic E-state index is 12.0. The molecule has 0 unspecified atom stereocenters. The molecule has 2 rings (SSSR count). The maximum atomic E-state index is 12.0. The zero-order valence-corrected chi connectivity index (χ0v) is 14.3. The third-order valence-corrected chi connectivity index (χ3v) is 3.48. The van der Waals surface area contributed by atoms with Gasteiger partial charge in [-0.15, -0.1) is 0 Å². The molecule has 0 aromatic heterocycles. The van der Waals surface area contributed by atoms with Gasteiger partial charge in [-0.05, 0) is 55.8 Å². The van der Waals surface area contributed by atoms with Crippen molar-refractivity contribution in [1.82, 2.24) is 5.32 Å². The largest absolute Gasteiger partial charge is 0.483 e. The van der Waals surface area contributed by atoms with Crippen molar-refractivity contribution < 1.29 is 14.3 Å². The summed E-state index contributed by atoms with van der Waals surface area (Å²) >= 11 is 5.88. The molecule has 0 aliphatic rings. The van der Waals surface area contributed by atoms with E-state index in [1.165, 1.54) is 0 Å². The highest BCUT2D eigenvalue weighted by Gasteiger charge is 2.08. The molecular weight excluding hydrogens is 328 g/mol. The zero-order valence-electron chi connectivity index (χ0n) is 13.6. The van der Waals surface area contributed by atoms with E-state index in [0.29, 0.717) is 28.6 Å². The van der Waals surface area contributed by atoms with Crippen LogP contribution in [0.4, 0.5) is 5.69 Å². The molecule has 0 atom stereocenters. The minimum atomic E-state index is -0.308. The summed E-state index contributed by atoms with van der Waals surface area (Å²) in [5.41, 5.74) is 1.89. The van der Waals surface area contributed by atoms with Gasteiger partial charge in [0.15, 0.2) is 6.61 Å². The Bertz CT molecular complexity index is 747. The summed E-state index contributed by atoms with van der Waals surface area (Å²) in [4.78, 5) is 23.8. The molecule has 0 fully saturated rings. The van der Waals surface area contributed by atoms with E-state index in [9.17, 15) is 9.59 Å². The van der Waals surface area contributed by atoms with Crippen LogP contribution in [0.25, 0.3) is 0 Å². The lowest BCUT2D eigenvalue weighted by atomic mass is 10.2. The van der Waals surface area contributed by atoms with Gasteiger partial charge in [0.05, 0.1) is 0 Å². The Labute approximate surface area is 146 Å². The number of ether oxygens (including phenoxy) is 1. The summed E-state index contributed by atoms with van der Waals surface area (Å²) in [7, 11) is 0. The highest BCUT2D eigenvalue weighted by molar-refractivity contribution is 6.30. The maximum Gasteiger partial charge on any atom is 0.262 e. The van der Waals surface area contributed by atoms with Crippen LogP contribution >= 0.6 is 11.6 Å². The summed E-state index contributed by atoms with van der Waals surface area (Å²) in [6.45, 7) is 4.12. The standard InChI is InChI=1S/C18H19ClN2O3/c1-3-20-18(23)13-5-4-6-15(10-13)21-17(22)11-24-16-8-7-14(19)9-12(16)2/h4-10H,3,11H2,1-2H3,(H,20,23)(H,21,22). The van der Waals surface area contributed by atoms with Crippen molar-refractivity contribution in [3.05, 3.63) is 58.6 Å². The average Bonchev–Trinajstić information content (AvgIpc) is 2.54. The normalized spacial score (nSPS) is 10.1. The van der Waals surface area contributed by atoms with E-state index in [1.807, 2.05) is 13.8 Å². The second-order valence-corrected chi connectivity index (χ2v) is 5.62. The second kappa shape index (κ2) is 8.36. The molecule has 126 valence electrons. The fourth-order valence-electron chi connectivity index (χ4n) is 2.12. The molecule has 24 heavy (non-hydrogen) atoms. The molecule has 0 aliphatic carbocycles. The molecule has 2 amide bonds. The van der Waals surface area contributed by atoms with Crippen LogP contribution in [0.5, 0.6) is 5.75 Å². The molecule has 0 saturated heterocycles. The van der Waals surface area contributed by atoms with Gasteiger partial charge in [-0.3, -0.25) is 9.59 Å². The Kier molecular flexibility index (Phi) is 6.21. The Morgan fingerprint density at radius 2 is 1.96 bits per heavy atom. The molecule has 0 heterocycles. The quantitative estimate of drug-likeness (QED) is 0.842. The number of benzene rings is 2. The van der Waals surface area contributed by atoms with Gasteiger partial charge in [-0.2, -0.15) is 0 Å². The number of hydrogen-bond donors (Lipinski definition) is 2. The fraction of sp³-hybridized carbons (Fsp3) is 0.222. The predicted octanol–water partition coefficient (Wildman–Crippen LogP) is 3.42. The molecule has 2 aromatic carbocycles. The van der Waals surface area contributed by atoms with Crippen molar-refractivity contribution in [2.75, 3.05) is 18.5 Å². The summed E-state index contributed by atoms with van der Waals surface area (Å²) in [5.74, 6) is 0.115. The Hall–Kier alpha value is -2.53. The van der Waals surface area contributed by atoms with E-state index in [4.69, 9.17) is 16.3 Å². The molecule has 2 aromatic rings. The van der Waals surface area contributed by atoms with Crippen LogP contribution in [-0.4, -0.2) is 25.0 Å². The van der Waals surface area contributed by atoms with E-state index < -0.39 is 0 Å². The monoisotopic (exact) mass is 346 g/mol. The topological polar surface area (TPSA) is 67.4 Å². The third-order valence-electron chi connectivity index (χ3n) is 3.24. The highest BCUT2D eigenvalue weighted by Crippen LogP contribution is 2.21. The van der Waals surface area contributed by atoms with Crippen molar-refractivity contribution in [3.8, 4) is 5.75 Å². The minimum absolute atomic E-state index is 0.131. The first kappa shape index (κ1) is 17.8. The number of rotatable bonds is 6. The number of nitrogens with one attached hydrogen (secondary N) is 2. The lowest BCUT2D eigenvalue weighted by molar-refractivity contribution is -0.118. The highest BCUT2D eigenvalue weighted by atomic mass is 35.5. The average molecular weight is 347 g/mol. The first-order valence-corrected chi connectivity index (χ1v) is 7.94.